The van der Waals surface area contributed by atoms with Crippen molar-refractivity contribution in [1.82, 2.24) is 23.8 Å². The van der Waals surface area contributed by atoms with E-state index in [4.69, 9.17) is 19.7 Å². The highest BCUT2D eigenvalue weighted by atomic mass is 16.5. The zero-order valence-electron chi connectivity index (χ0n) is 23.6. The highest BCUT2D eigenvalue weighted by Crippen LogP contribution is 2.37. The summed E-state index contributed by atoms with van der Waals surface area (Å²) in [5, 5.41) is 6.58. The summed E-state index contributed by atoms with van der Waals surface area (Å²) in [5.74, 6) is 1.50. The molecule has 0 atom stereocenters. The predicted octanol–water partition coefficient (Wildman–Crippen LogP) is 9.07. The lowest BCUT2D eigenvalue weighted by Gasteiger charge is -2.12. The maximum atomic E-state index is 6.56. The Hall–Kier alpha value is -5.75. The van der Waals surface area contributed by atoms with Gasteiger partial charge in [0.2, 0.25) is 0 Å². The number of pyridine rings is 3. The Bertz CT molecular complexity index is 2560. The smallest absolute Gasteiger partial charge is 0.146 e. The summed E-state index contributed by atoms with van der Waals surface area (Å²) >= 11 is 0. The summed E-state index contributed by atoms with van der Waals surface area (Å²) in [6.45, 7) is 4.13. The molecule has 6 heteroatoms. The van der Waals surface area contributed by atoms with E-state index in [2.05, 4.69) is 88.7 Å². The second-order valence-corrected chi connectivity index (χ2v) is 11.0. The van der Waals surface area contributed by atoms with Gasteiger partial charge in [0.25, 0.3) is 0 Å². The van der Waals surface area contributed by atoms with Crippen LogP contribution in [0.25, 0.3) is 66.0 Å². The molecule has 0 bridgehead atoms. The van der Waals surface area contributed by atoms with Crippen molar-refractivity contribution in [3.63, 3.8) is 0 Å². The molecule has 5 heterocycles. The molecule has 0 saturated carbocycles. The first kappa shape index (κ1) is 23.9. The molecule has 0 spiro atoms. The van der Waals surface area contributed by atoms with Gasteiger partial charge in [0.1, 0.15) is 28.4 Å². The van der Waals surface area contributed by atoms with E-state index in [9.17, 15) is 0 Å². The standard InChI is InChI=1S/C37H25N5O/c1-22-23(2)42-35-30(12-8-18-38-35)28-17-15-26(20-32(28)37(42)39-22)43-25-14-16-27-29-11-6-7-13-34(29)41-21-33(24-9-4-3-5-10-24)40-36(41)31(27)19-25/h3-21H,1-2H3. The molecule has 9 rings (SSSR count). The average Bonchev–Trinajstić information content (AvgIpc) is 3.64. The summed E-state index contributed by atoms with van der Waals surface area (Å²) < 4.78 is 10.9. The average molecular weight is 556 g/mol. The number of para-hydroxylation sites is 1. The Balaban J connectivity index is 1.23. The van der Waals surface area contributed by atoms with Crippen LogP contribution < -0.4 is 4.74 Å². The molecule has 0 radical (unpaired) electrons. The van der Waals surface area contributed by atoms with Crippen LogP contribution in [0, 0.1) is 13.8 Å². The fraction of sp³-hybridized carbons (Fsp3) is 0.0541. The molecule has 0 unspecified atom stereocenters. The maximum absolute atomic E-state index is 6.56. The van der Waals surface area contributed by atoms with Crippen LogP contribution in [0.4, 0.5) is 0 Å². The summed E-state index contributed by atoms with van der Waals surface area (Å²) in [4.78, 5) is 14.7. The molecule has 9 aromatic rings. The molecule has 0 aliphatic heterocycles. The van der Waals surface area contributed by atoms with Crippen LogP contribution in [0.3, 0.4) is 0 Å². The van der Waals surface area contributed by atoms with Crippen molar-refractivity contribution < 1.29 is 4.74 Å². The minimum Gasteiger partial charge on any atom is -0.457 e. The van der Waals surface area contributed by atoms with Crippen LogP contribution >= 0.6 is 0 Å². The second kappa shape index (κ2) is 8.87. The predicted molar refractivity (Wildman–Crippen MR) is 173 cm³/mol. The van der Waals surface area contributed by atoms with Crippen molar-refractivity contribution in [2.75, 3.05) is 0 Å². The van der Waals surface area contributed by atoms with Crippen molar-refractivity contribution >= 4 is 54.8 Å². The molecule has 5 aromatic heterocycles. The van der Waals surface area contributed by atoms with E-state index in [1.807, 2.05) is 49.5 Å². The number of imidazole rings is 2. The van der Waals surface area contributed by atoms with E-state index >= 15 is 0 Å². The monoisotopic (exact) mass is 555 g/mol. The molecule has 4 aromatic carbocycles. The second-order valence-electron chi connectivity index (χ2n) is 11.0. The Morgan fingerprint density at radius 3 is 2.09 bits per heavy atom. The molecule has 43 heavy (non-hydrogen) atoms. The molecule has 0 amide bonds. The van der Waals surface area contributed by atoms with Gasteiger partial charge >= 0.3 is 0 Å². The molecule has 0 aliphatic carbocycles. The molecule has 6 nitrogen and oxygen atoms in total. The Morgan fingerprint density at radius 1 is 0.581 bits per heavy atom. The van der Waals surface area contributed by atoms with Gasteiger partial charge in [-0.3, -0.25) is 8.80 Å². The van der Waals surface area contributed by atoms with Crippen LogP contribution in [-0.2, 0) is 0 Å². The lowest BCUT2D eigenvalue weighted by atomic mass is 10.1. The SMILES string of the molecule is Cc1nc2c3cc(Oc4ccc5c6ccccc6n6cc(-c7ccccc7)nc6c5c4)ccc3c3cccnc3n2c1C. The van der Waals surface area contributed by atoms with E-state index < -0.39 is 0 Å². The topological polar surface area (TPSA) is 56.7 Å². The normalized spacial score (nSPS) is 12.0. The first-order valence-electron chi connectivity index (χ1n) is 14.4. The van der Waals surface area contributed by atoms with E-state index in [1.54, 1.807) is 0 Å². The van der Waals surface area contributed by atoms with Gasteiger partial charge in [-0.25, -0.2) is 15.0 Å². The van der Waals surface area contributed by atoms with Gasteiger partial charge in [-0.15, -0.1) is 0 Å². The van der Waals surface area contributed by atoms with Gasteiger partial charge in [0.05, 0.1) is 16.9 Å². The number of nitrogens with zero attached hydrogens (tertiary/aromatic N) is 5. The fourth-order valence-corrected chi connectivity index (χ4v) is 6.40. The van der Waals surface area contributed by atoms with Gasteiger partial charge in [-0.05, 0) is 79.2 Å². The van der Waals surface area contributed by atoms with Gasteiger partial charge in [0.15, 0.2) is 0 Å². The Kier molecular flexibility index (Phi) is 4.93. The summed E-state index contributed by atoms with van der Waals surface area (Å²) in [7, 11) is 0. The lowest BCUT2D eigenvalue weighted by molar-refractivity contribution is 0.484. The minimum absolute atomic E-state index is 0.750. The van der Waals surface area contributed by atoms with Crippen LogP contribution in [0.5, 0.6) is 11.5 Å². The first-order valence-corrected chi connectivity index (χ1v) is 14.4. The number of rotatable bonds is 3. The highest BCUT2D eigenvalue weighted by molar-refractivity contribution is 6.13. The maximum Gasteiger partial charge on any atom is 0.146 e. The number of aryl methyl sites for hydroxylation is 2. The molecule has 0 fully saturated rings. The van der Waals surface area contributed by atoms with Gasteiger partial charge in [-0.2, -0.15) is 0 Å². The van der Waals surface area contributed by atoms with Crippen molar-refractivity contribution in [3.05, 3.63) is 127 Å². The van der Waals surface area contributed by atoms with Gasteiger partial charge in [0, 0.05) is 45.2 Å². The van der Waals surface area contributed by atoms with Crippen LogP contribution in [0.2, 0.25) is 0 Å². The summed E-state index contributed by atoms with van der Waals surface area (Å²) in [6.07, 6.45) is 3.96. The molecule has 0 N–H and O–H groups in total. The van der Waals surface area contributed by atoms with Crippen molar-refractivity contribution in [3.8, 4) is 22.8 Å². The van der Waals surface area contributed by atoms with Crippen LogP contribution in [0.1, 0.15) is 11.4 Å². The molecular formula is C37H25N5O. The number of fused-ring (bicyclic) bond motifs is 12. The van der Waals surface area contributed by atoms with E-state index in [-0.39, 0.29) is 0 Å². The number of hydrogen-bond donors (Lipinski definition) is 0. The zero-order valence-corrected chi connectivity index (χ0v) is 23.6. The third kappa shape index (κ3) is 3.50. The van der Waals surface area contributed by atoms with E-state index in [0.29, 0.717) is 0 Å². The fourth-order valence-electron chi connectivity index (χ4n) is 6.40. The van der Waals surface area contributed by atoms with Crippen molar-refractivity contribution in [2.24, 2.45) is 0 Å². The summed E-state index contributed by atoms with van der Waals surface area (Å²) in [5.41, 5.74) is 7.94. The number of hydrogen-bond acceptors (Lipinski definition) is 4. The molecule has 204 valence electrons. The van der Waals surface area contributed by atoms with Crippen molar-refractivity contribution in [1.29, 1.82) is 0 Å². The zero-order chi connectivity index (χ0) is 28.7. The van der Waals surface area contributed by atoms with E-state index in [1.165, 1.54) is 5.39 Å². The van der Waals surface area contributed by atoms with E-state index in [0.717, 1.165) is 83.5 Å². The molecular weight excluding hydrogens is 530 g/mol. The largest absolute Gasteiger partial charge is 0.457 e. The van der Waals surface area contributed by atoms with Gasteiger partial charge < -0.3 is 4.74 Å². The molecule has 0 aliphatic rings. The Morgan fingerprint density at radius 2 is 1.28 bits per heavy atom. The lowest BCUT2D eigenvalue weighted by Crippen LogP contribution is -1.96. The highest BCUT2D eigenvalue weighted by Gasteiger charge is 2.17. The third-order valence-corrected chi connectivity index (χ3v) is 8.56. The number of benzene rings is 4. The van der Waals surface area contributed by atoms with Crippen molar-refractivity contribution in [2.45, 2.75) is 13.8 Å². The first-order chi connectivity index (χ1) is 21.1. The molecule has 0 saturated heterocycles. The van der Waals surface area contributed by atoms with Crippen LogP contribution in [-0.4, -0.2) is 23.8 Å². The minimum atomic E-state index is 0.750. The quantitative estimate of drug-likeness (QED) is 0.204. The number of ether oxygens (including phenoxy) is 1. The van der Waals surface area contributed by atoms with Gasteiger partial charge in [-0.1, -0.05) is 48.5 Å². The third-order valence-electron chi connectivity index (χ3n) is 8.56. The summed E-state index contributed by atoms with van der Waals surface area (Å²) in [6, 6.07) is 35.4. The van der Waals surface area contributed by atoms with Crippen LogP contribution in [0.15, 0.2) is 116 Å². The number of aromatic nitrogens is 5. The Labute approximate surface area is 246 Å².